The van der Waals surface area contributed by atoms with E-state index in [-0.39, 0.29) is 10.7 Å². The van der Waals surface area contributed by atoms with Gasteiger partial charge in [0.05, 0.1) is 16.3 Å². The fourth-order valence-corrected chi connectivity index (χ4v) is 3.20. The molecule has 1 aromatic heterocycles. The molecule has 0 bridgehead atoms. The summed E-state index contributed by atoms with van der Waals surface area (Å²) in [7, 11) is 0. The molecule has 0 saturated heterocycles. The summed E-state index contributed by atoms with van der Waals surface area (Å²) in [5, 5.41) is -0.629. The molecule has 0 aliphatic heterocycles. The number of hydrogen-bond donors (Lipinski definition) is 0. The van der Waals surface area contributed by atoms with E-state index in [1.165, 1.54) is 0 Å². The first-order valence-electron chi connectivity index (χ1n) is 6.76. The summed E-state index contributed by atoms with van der Waals surface area (Å²) in [6.45, 7) is 0. The molecule has 136 valence electrons. The van der Waals surface area contributed by atoms with Crippen molar-refractivity contribution in [1.29, 1.82) is 0 Å². The van der Waals surface area contributed by atoms with Gasteiger partial charge in [-0.1, -0.05) is 17.7 Å². The predicted molar refractivity (Wildman–Crippen MR) is 84.8 cm³/mol. The van der Waals surface area contributed by atoms with Crippen molar-refractivity contribution in [1.82, 2.24) is 8.94 Å². The first-order chi connectivity index (χ1) is 12.2. The van der Waals surface area contributed by atoms with E-state index >= 15 is 0 Å². The van der Waals surface area contributed by atoms with E-state index in [1.54, 1.807) is 0 Å². The van der Waals surface area contributed by atoms with Gasteiger partial charge in [0.2, 0.25) is 0 Å². The maximum atomic E-state index is 13.8. The largest absolute Gasteiger partial charge is 0.573 e. The van der Waals surface area contributed by atoms with Gasteiger partial charge in [0.1, 0.15) is 17.4 Å². The lowest BCUT2D eigenvalue weighted by molar-refractivity contribution is -0.274. The molecule has 11 heteroatoms. The highest BCUT2D eigenvalue weighted by Gasteiger charge is 2.32. The van der Waals surface area contributed by atoms with Gasteiger partial charge < -0.3 is 4.74 Å². The maximum absolute atomic E-state index is 13.8. The van der Waals surface area contributed by atoms with Crippen LogP contribution < -0.4 is 10.4 Å². The molecule has 1 heterocycles. The molecule has 26 heavy (non-hydrogen) atoms. The quantitative estimate of drug-likeness (QED) is 0.585. The number of aromatic nitrogens is 2. The molecule has 0 atom stereocenters. The molecule has 3 aromatic rings. The van der Waals surface area contributed by atoms with Crippen LogP contribution in [0.4, 0.5) is 22.0 Å². The molecular weight excluding hydrogens is 403 g/mol. The van der Waals surface area contributed by atoms with E-state index in [0.717, 1.165) is 40.4 Å². The zero-order chi connectivity index (χ0) is 19.1. The van der Waals surface area contributed by atoms with E-state index in [1.807, 2.05) is 0 Å². The summed E-state index contributed by atoms with van der Waals surface area (Å²) < 4.78 is 69.1. The van der Waals surface area contributed by atoms with Crippen LogP contribution in [0.25, 0.3) is 16.3 Å². The predicted octanol–water partition coefficient (Wildman–Crippen LogP) is 4.79. The number of rotatable bonds is 3. The SMILES string of the molecule is O=c1nc(-c2c(F)cccc2F)sn1-c1ccc(OC(F)(F)F)c(Cl)c1. The second-order valence-electron chi connectivity index (χ2n) is 4.84. The van der Waals surface area contributed by atoms with Crippen molar-refractivity contribution < 1.29 is 26.7 Å². The molecule has 0 aliphatic rings. The molecule has 0 aliphatic carbocycles. The van der Waals surface area contributed by atoms with Crippen LogP contribution in [0.1, 0.15) is 0 Å². The molecule has 0 fully saturated rings. The summed E-state index contributed by atoms with van der Waals surface area (Å²) in [4.78, 5) is 15.6. The molecule has 2 aromatic carbocycles. The average Bonchev–Trinajstić information content (AvgIpc) is 2.89. The topological polar surface area (TPSA) is 44.1 Å². The summed E-state index contributed by atoms with van der Waals surface area (Å²) in [6, 6.07) is 6.27. The van der Waals surface area contributed by atoms with Crippen molar-refractivity contribution in [2.24, 2.45) is 0 Å². The minimum atomic E-state index is -4.93. The number of hydrogen-bond acceptors (Lipinski definition) is 4. The van der Waals surface area contributed by atoms with Crippen molar-refractivity contribution in [2.75, 3.05) is 0 Å². The van der Waals surface area contributed by atoms with Crippen LogP contribution in [0.15, 0.2) is 41.2 Å². The Morgan fingerprint density at radius 2 is 1.77 bits per heavy atom. The van der Waals surface area contributed by atoms with Crippen molar-refractivity contribution in [3.8, 4) is 22.0 Å². The lowest BCUT2D eigenvalue weighted by Crippen LogP contribution is -2.17. The van der Waals surface area contributed by atoms with Gasteiger partial charge in [0, 0.05) is 0 Å². The third-order valence-electron chi connectivity index (χ3n) is 3.10. The second-order valence-corrected chi connectivity index (χ2v) is 6.19. The van der Waals surface area contributed by atoms with Crippen LogP contribution >= 0.6 is 23.1 Å². The van der Waals surface area contributed by atoms with Gasteiger partial charge >= 0.3 is 12.1 Å². The third kappa shape index (κ3) is 3.70. The number of halogens is 6. The summed E-state index contributed by atoms with van der Waals surface area (Å²) >= 11 is 6.35. The van der Waals surface area contributed by atoms with Crippen molar-refractivity contribution >= 4 is 23.1 Å². The minimum Gasteiger partial charge on any atom is -0.404 e. The molecule has 0 saturated carbocycles. The Kier molecular flexibility index (Phi) is 4.72. The molecule has 0 unspecified atom stereocenters. The van der Waals surface area contributed by atoms with E-state index in [4.69, 9.17) is 11.6 Å². The summed E-state index contributed by atoms with van der Waals surface area (Å²) in [6.07, 6.45) is -4.93. The van der Waals surface area contributed by atoms with Gasteiger partial charge in [-0.3, -0.25) is 0 Å². The monoisotopic (exact) mass is 408 g/mol. The van der Waals surface area contributed by atoms with Gasteiger partial charge in [-0.05, 0) is 41.9 Å². The normalized spacial score (nSPS) is 11.6. The molecule has 0 radical (unpaired) electrons. The highest BCUT2D eigenvalue weighted by molar-refractivity contribution is 7.10. The Morgan fingerprint density at radius 3 is 2.35 bits per heavy atom. The fourth-order valence-electron chi connectivity index (χ4n) is 2.07. The highest BCUT2D eigenvalue weighted by atomic mass is 35.5. The molecule has 0 amide bonds. The van der Waals surface area contributed by atoms with Crippen LogP contribution in [0, 0.1) is 11.6 Å². The summed E-state index contributed by atoms with van der Waals surface area (Å²) in [5.74, 6) is -2.46. The number of nitrogens with zero attached hydrogens (tertiary/aromatic N) is 2. The van der Waals surface area contributed by atoms with Crippen LogP contribution in [0.5, 0.6) is 5.75 Å². The Balaban J connectivity index is 2.03. The van der Waals surface area contributed by atoms with Gasteiger partial charge in [-0.2, -0.15) is 4.98 Å². The van der Waals surface area contributed by atoms with Crippen LogP contribution in [-0.2, 0) is 0 Å². The Labute approximate surface area is 151 Å². The van der Waals surface area contributed by atoms with Crippen LogP contribution in [-0.4, -0.2) is 15.3 Å². The molecule has 4 nitrogen and oxygen atoms in total. The standard InChI is InChI=1S/C15H6ClF5N2O2S/c16-8-6-7(4-5-11(8)25-15(19,20)21)23-14(24)22-13(26-23)12-9(17)2-1-3-10(12)18/h1-6H. The zero-order valence-corrected chi connectivity index (χ0v) is 13.9. The Bertz CT molecular complexity index is 1010. The van der Waals surface area contributed by atoms with E-state index in [2.05, 4.69) is 9.72 Å². The number of ether oxygens (including phenoxy) is 1. The number of alkyl halides is 3. The first-order valence-corrected chi connectivity index (χ1v) is 7.91. The molecule has 0 N–H and O–H groups in total. The molecular formula is C15H6ClF5N2O2S. The Hall–Kier alpha value is -2.46. The van der Waals surface area contributed by atoms with Crippen molar-refractivity contribution in [3.63, 3.8) is 0 Å². The van der Waals surface area contributed by atoms with Gasteiger partial charge in [-0.15, -0.1) is 13.2 Å². The van der Waals surface area contributed by atoms with Gasteiger partial charge in [-0.25, -0.2) is 17.5 Å². The van der Waals surface area contributed by atoms with Crippen LogP contribution in [0.2, 0.25) is 5.02 Å². The van der Waals surface area contributed by atoms with Crippen molar-refractivity contribution in [2.45, 2.75) is 6.36 Å². The highest BCUT2D eigenvalue weighted by Crippen LogP contribution is 2.33. The fraction of sp³-hybridized carbons (Fsp3) is 0.0667. The third-order valence-corrected chi connectivity index (χ3v) is 4.41. The smallest absolute Gasteiger partial charge is 0.404 e. The van der Waals surface area contributed by atoms with Gasteiger partial charge in [0.15, 0.2) is 5.01 Å². The molecule has 3 rings (SSSR count). The van der Waals surface area contributed by atoms with Crippen molar-refractivity contribution in [3.05, 3.63) is 63.5 Å². The maximum Gasteiger partial charge on any atom is 0.573 e. The second kappa shape index (κ2) is 6.69. The average molecular weight is 409 g/mol. The first kappa shape index (κ1) is 18.3. The van der Waals surface area contributed by atoms with Crippen LogP contribution in [0.3, 0.4) is 0 Å². The van der Waals surface area contributed by atoms with E-state index in [9.17, 15) is 26.7 Å². The zero-order valence-electron chi connectivity index (χ0n) is 12.4. The lowest BCUT2D eigenvalue weighted by Gasteiger charge is -2.11. The summed E-state index contributed by atoms with van der Waals surface area (Å²) in [5.41, 5.74) is -1.28. The van der Waals surface area contributed by atoms with Gasteiger partial charge in [0.25, 0.3) is 0 Å². The molecule has 0 spiro atoms. The van der Waals surface area contributed by atoms with E-state index < -0.39 is 40.0 Å². The number of benzene rings is 2. The lowest BCUT2D eigenvalue weighted by atomic mass is 10.2. The minimum absolute atomic E-state index is 0.0648. The Morgan fingerprint density at radius 1 is 1.12 bits per heavy atom. The van der Waals surface area contributed by atoms with E-state index in [0.29, 0.717) is 11.5 Å².